The summed E-state index contributed by atoms with van der Waals surface area (Å²) < 4.78 is 6.08. The molecule has 1 aromatic rings. The van der Waals surface area contributed by atoms with E-state index in [0.717, 1.165) is 28.6 Å². The summed E-state index contributed by atoms with van der Waals surface area (Å²) in [6, 6.07) is 5.66. The molecular formula is C14H19BrN2O2. The number of carbonyl (C=O) groups excluding carboxylic acids is 1. The number of ether oxygens (including phenoxy) is 1. The van der Waals surface area contributed by atoms with Gasteiger partial charge in [0.25, 0.3) is 0 Å². The lowest BCUT2D eigenvalue weighted by atomic mass is 9.96. The number of carbonyl (C=O) groups is 1. The fraction of sp³-hybridized carbons (Fsp3) is 0.500. The molecule has 1 atom stereocenters. The topological polar surface area (TPSA) is 64.3 Å². The van der Waals surface area contributed by atoms with Crippen LogP contribution in [0.4, 0.5) is 5.69 Å². The number of nitrogens with one attached hydrogen (secondary N) is 1. The van der Waals surface area contributed by atoms with Gasteiger partial charge in [-0.15, -0.1) is 0 Å². The molecule has 1 saturated carbocycles. The molecule has 104 valence electrons. The zero-order valence-electron chi connectivity index (χ0n) is 11.2. The van der Waals surface area contributed by atoms with Gasteiger partial charge in [-0.3, -0.25) is 4.79 Å². The molecule has 0 aliphatic heterocycles. The van der Waals surface area contributed by atoms with E-state index in [1.807, 2.05) is 18.2 Å². The van der Waals surface area contributed by atoms with Gasteiger partial charge in [0.1, 0.15) is 0 Å². The fourth-order valence-corrected chi connectivity index (χ4v) is 2.57. The van der Waals surface area contributed by atoms with Crippen LogP contribution in [0.3, 0.4) is 0 Å². The highest BCUT2D eigenvalue weighted by atomic mass is 79.9. The summed E-state index contributed by atoms with van der Waals surface area (Å²) in [6.45, 7) is 2.23. The van der Waals surface area contributed by atoms with Crippen LogP contribution in [0.2, 0.25) is 0 Å². The lowest BCUT2D eigenvalue weighted by Crippen LogP contribution is -2.50. The van der Waals surface area contributed by atoms with E-state index in [1.165, 1.54) is 0 Å². The van der Waals surface area contributed by atoms with Crippen LogP contribution >= 0.6 is 15.9 Å². The smallest absolute Gasteiger partial charge is 0.244 e. The summed E-state index contributed by atoms with van der Waals surface area (Å²) in [4.78, 5) is 12.3. The second-order valence-electron chi connectivity index (χ2n) is 5.21. The average molecular weight is 327 g/mol. The van der Waals surface area contributed by atoms with Gasteiger partial charge in [-0.25, -0.2) is 0 Å². The van der Waals surface area contributed by atoms with Crippen LogP contribution in [-0.4, -0.2) is 18.6 Å². The number of rotatable bonds is 5. The Morgan fingerprint density at radius 1 is 1.58 bits per heavy atom. The molecule has 5 heteroatoms. The minimum absolute atomic E-state index is 0.134. The number of hydrogen-bond donors (Lipinski definition) is 2. The van der Waals surface area contributed by atoms with Crippen molar-refractivity contribution in [1.29, 1.82) is 0 Å². The summed E-state index contributed by atoms with van der Waals surface area (Å²) in [5.74, 6) is 0.163. The Labute approximate surface area is 121 Å². The number of hydrogen-bond acceptors (Lipinski definition) is 3. The third-order valence-corrected chi connectivity index (χ3v) is 4.31. The summed E-state index contributed by atoms with van der Waals surface area (Å²) in [7, 11) is 1.63. The molecule has 2 rings (SSSR count). The number of amides is 1. The zero-order chi connectivity index (χ0) is 14.0. The maximum atomic E-state index is 12.3. The molecule has 1 aliphatic rings. The molecule has 1 fully saturated rings. The molecule has 1 amide bonds. The van der Waals surface area contributed by atoms with Crippen molar-refractivity contribution in [2.24, 2.45) is 11.7 Å². The Balaban J connectivity index is 2.18. The lowest BCUT2D eigenvalue weighted by molar-refractivity contribution is -0.121. The van der Waals surface area contributed by atoms with Gasteiger partial charge in [0.2, 0.25) is 5.91 Å². The first-order valence-electron chi connectivity index (χ1n) is 6.33. The molecule has 0 bridgehead atoms. The van der Waals surface area contributed by atoms with Crippen LogP contribution in [0.1, 0.15) is 25.3 Å². The molecule has 0 saturated heterocycles. The first-order chi connectivity index (χ1) is 8.96. The predicted molar refractivity (Wildman–Crippen MR) is 78.8 cm³/mol. The third-order valence-electron chi connectivity index (χ3n) is 3.57. The Hall–Kier alpha value is -0.910. The van der Waals surface area contributed by atoms with Crippen LogP contribution in [-0.2, 0) is 16.1 Å². The van der Waals surface area contributed by atoms with Crippen molar-refractivity contribution in [3.8, 4) is 0 Å². The Kier molecular flexibility index (Phi) is 4.28. The Morgan fingerprint density at radius 2 is 2.26 bits per heavy atom. The van der Waals surface area contributed by atoms with Gasteiger partial charge in [-0.1, -0.05) is 22.0 Å². The number of anilines is 1. The predicted octanol–water partition coefficient (Wildman–Crippen LogP) is 2.66. The van der Waals surface area contributed by atoms with Gasteiger partial charge in [0.15, 0.2) is 0 Å². The monoisotopic (exact) mass is 326 g/mol. The van der Waals surface area contributed by atoms with Crippen molar-refractivity contribution in [3.63, 3.8) is 0 Å². The van der Waals surface area contributed by atoms with Gasteiger partial charge in [-0.2, -0.15) is 0 Å². The first kappa shape index (κ1) is 14.5. The maximum absolute atomic E-state index is 12.3. The van der Waals surface area contributed by atoms with E-state index in [1.54, 1.807) is 14.0 Å². The average Bonchev–Trinajstić information content (AvgIpc) is 3.17. The van der Waals surface area contributed by atoms with Crippen molar-refractivity contribution in [1.82, 2.24) is 0 Å². The standard InChI is InChI=1S/C14H19BrN2O2/c1-14(16,9-6-7-9)13(18)17-12-5-3-4-11(15)10(12)8-19-2/h3-5,9H,6-8,16H2,1-2H3,(H,17,18). The largest absolute Gasteiger partial charge is 0.380 e. The van der Waals surface area contributed by atoms with E-state index in [9.17, 15) is 4.79 Å². The number of halogens is 1. The van der Waals surface area contributed by atoms with Crippen molar-refractivity contribution in [2.45, 2.75) is 31.9 Å². The maximum Gasteiger partial charge on any atom is 0.244 e. The molecule has 1 aromatic carbocycles. The highest BCUT2D eigenvalue weighted by Crippen LogP contribution is 2.39. The number of benzene rings is 1. The van der Waals surface area contributed by atoms with E-state index >= 15 is 0 Å². The van der Waals surface area contributed by atoms with Gasteiger partial charge >= 0.3 is 0 Å². The van der Waals surface area contributed by atoms with Crippen LogP contribution in [0, 0.1) is 5.92 Å². The molecule has 0 spiro atoms. The van der Waals surface area contributed by atoms with Gasteiger partial charge in [0, 0.05) is 22.8 Å². The molecule has 1 aliphatic carbocycles. The molecule has 19 heavy (non-hydrogen) atoms. The Morgan fingerprint density at radius 3 is 2.84 bits per heavy atom. The zero-order valence-corrected chi connectivity index (χ0v) is 12.8. The number of nitrogens with two attached hydrogens (primary N) is 1. The van der Waals surface area contributed by atoms with Crippen molar-refractivity contribution < 1.29 is 9.53 Å². The number of methoxy groups -OCH3 is 1. The van der Waals surface area contributed by atoms with Crippen molar-refractivity contribution >= 4 is 27.5 Å². The van der Waals surface area contributed by atoms with Crippen LogP contribution in [0.25, 0.3) is 0 Å². The van der Waals surface area contributed by atoms with Crippen LogP contribution in [0.15, 0.2) is 22.7 Å². The minimum Gasteiger partial charge on any atom is -0.380 e. The van der Waals surface area contributed by atoms with Gasteiger partial charge in [0.05, 0.1) is 12.1 Å². The van der Waals surface area contributed by atoms with E-state index in [2.05, 4.69) is 21.2 Å². The highest BCUT2D eigenvalue weighted by Gasteiger charge is 2.44. The first-order valence-corrected chi connectivity index (χ1v) is 7.12. The normalized spacial score (nSPS) is 17.9. The minimum atomic E-state index is -0.799. The van der Waals surface area contributed by atoms with Crippen molar-refractivity contribution in [2.75, 3.05) is 12.4 Å². The third kappa shape index (κ3) is 3.16. The molecule has 0 radical (unpaired) electrons. The summed E-state index contributed by atoms with van der Waals surface area (Å²) in [6.07, 6.45) is 2.06. The van der Waals surface area contributed by atoms with Gasteiger partial charge in [-0.05, 0) is 37.8 Å². The lowest BCUT2D eigenvalue weighted by Gasteiger charge is -2.24. The van der Waals surface area contributed by atoms with E-state index in [-0.39, 0.29) is 5.91 Å². The second-order valence-corrected chi connectivity index (χ2v) is 6.06. The summed E-state index contributed by atoms with van der Waals surface area (Å²) in [5, 5.41) is 2.92. The van der Waals surface area contributed by atoms with E-state index in [0.29, 0.717) is 12.5 Å². The summed E-state index contributed by atoms with van der Waals surface area (Å²) in [5.41, 5.74) is 6.99. The molecule has 1 unspecified atom stereocenters. The quantitative estimate of drug-likeness (QED) is 0.874. The summed E-state index contributed by atoms with van der Waals surface area (Å²) >= 11 is 3.47. The fourth-order valence-electron chi connectivity index (χ4n) is 2.09. The Bertz CT molecular complexity index is 484. The van der Waals surface area contributed by atoms with E-state index < -0.39 is 5.54 Å². The molecule has 3 N–H and O–H groups in total. The van der Waals surface area contributed by atoms with Crippen LogP contribution in [0.5, 0.6) is 0 Å². The molecular weight excluding hydrogens is 308 g/mol. The molecule has 0 aromatic heterocycles. The highest BCUT2D eigenvalue weighted by molar-refractivity contribution is 9.10. The van der Waals surface area contributed by atoms with E-state index in [4.69, 9.17) is 10.5 Å². The van der Waals surface area contributed by atoms with Crippen molar-refractivity contribution in [3.05, 3.63) is 28.2 Å². The molecule has 0 heterocycles. The van der Waals surface area contributed by atoms with Crippen LogP contribution < -0.4 is 11.1 Å². The second kappa shape index (κ2) is 5.61. The SMILES string of the molecule is COCc1c(Br)cccc1NC(=O)C(C)(N)C1CC1. The van der Waals surface area contributed by atoms with Gasteiger partial charge < -0.3 is 15.8 Å². The molecule has 4 nitrogen and oxygen atoms in total.